The highest BCUT2D eigenvalue weighted by atomic mass is 16.5. The van der Waals surface area contributed by atoms with Gasteiger partial charge in [0.05, 0.1) is 18.9 Å². The molecule has 0 bridgehead atoms. The highest BCUT2D eigenvalue weighted by Gasteiger charge is 2.26. The third kappa shape index (κ3) is 3.77. The Bertz CT molecular complexity index is 1170. The van der Waals surface area contributed by atoms with Crippen molar-refractivity contribution in [2.75, 3.05) is 38.2 Å². The van der Waals surface area contributed by atoms with Crippen LogP contribution >= 0.6 is 0 Å². The van der Waals surface area contributed by atoms with Crippen LogP contribution in [0.15, 0.2) is 77.4 Å². The van der Waals surface area contributed by atoms with Crippen molar-refractivity contribution >= 4 is 22.7 Å². The molecule has 158 valence electrons. The summed E-state index contributed by atoms with van der Waals surface area (Å²) < 4.78 is 12.9. The van der Waals surface area contributed by atoms with E-state index in [0.29, 0.717) is 25.3 Å². The molecule has 2 aromatic carbocycles. The Kier molecular flexibility index (Phi) is 5.12. The molecule has 1 aliphatic rings. The lowest BCUT2D eigenvalue weighted by Crippen LogP contribution is -2.49. The quantitative estimate of drug-likeness (QED) is 0.489. The van der Waals surface area contributed by atoms with E-state index in [0.717, 1.165) is 41.2 Å². The van der Waals surface area contributed by atoms with Crippen molar-refractivity contribution in [1.29, 1.82) is 0 Å². The molecule has 0 saturated carbocycles. The van der Waals surface area contributed by atoms with Gasteiger partial charge in [0.2, 0.25) is 0 Å². The van der Waals surface area contributed by atoms with Crippen LogP contribution in [0.4, 0.5) is 5.69 Å². The van der Waals surface area contributed by atoms with Gasteiger partial charge in [0.1, 0.15) is 11.4 Å². The van der Waals surface area contributed by atoms with Crippen molar-refractivity contribution in [2.24, 2.45) is 0 Å². The molecule has 0 radical (unpaired) electrons. The fourth-order valence-corrected chi connectivity index (χ4v) is 4.21. The number of amides is 1. The number of rotatable bonds is 5. The number of furan rings is 1. The Morgan fingerprint density at radius 1 is 0.968 bits per heavy atom. The molecule has 0 N–H and O–H groups in total. The molecule has 4 aromatic rings. The maximum atomic E-state index is 13.4. The average Bonchev–Trinajstić information content (AvgIpc) is 3.42. The van der Waals surface area contributed by atoms with Crippen molar-refractivity contribution in [1.82, 2.24) is 9.47 Å². The molecule has 0 unspecified atom stereocenters. The molecule has 1 saturated heterocycles. The van der Waals surface area contributed by atoms with Gasteiger partial charge in [0, 0.05) is 50.5 Å². The van der Waals surface area contributed by atoms with Crippen LogP contribution in [0.3, 0.4) is 0 Å². The van der Waals surface area contributed by atoms with E-state index >= 15 is 0 Å². The maximum Gasteiger partial charge on any atom is 0.270 e. The van der Waals surface area contributed by atoms with E-state index in [1.807, 2.05) is 47.4 Å². The number of hydrogen-bond donors (Lipinski definition) is 0. The lowest BCUT2D eigenvalue weighted by atomic mass is 10.2. The third-order valence-corrected chi connectivity index (χ3v) is 5.93. The molecular formula is C25H25N3O3. The van der Waals surface area contributed by atoms with Gasteiger partial charge in [-0.05, 0) is 29.8 Å². The highest BCUT2D eigenvalue weighted by molar-refractivity contribution is 5.97. The fourth-order valence-electron chi connectivity index (χ4n) is 4.21. The normalized spacial score (nSPS) is 14.2. The number of fused-ring (bicyclic) bond motifs is 1. The third-order valence-electron chi connectivity index (χ3n) is 5.93. The summed E-state index contributed by atoms with van der Waals surface area (Å²) in [5, 5.41) is 0. The minimum absolute atomic E-state index is 0.0525. The summed E-state index contributed by atoms with van der Waals surface area (Å²) >= 11 is 0. The number of carbonyl (C=O) groups excluding carboxylic acids is 1. The van der Waals surface area contributed by atoms with Crippen molar-refractivity contribution in [3.8, 4) is 5.75 Å². The smallest absolute Gasteiger partial charge is 0.270 e. The Balaban J connectivity index is 1.33. The van der Waals surface area contributed by atoms with Gasteiger partial charge in [0.25, 0.3) is 5.91 Å². The molecule has 1 fully saturated rings. The molecule has 1 aliphatic heterocycles. The van der Waals surface area contributed by atoms with Gasteiger partial charge in [0.15, 0.2) is 5.58 Å². The van der Waals surface area contributed by atoms with Crippen LogP contribution in [0.1, 0.15) is 16.1 Å². The second kappa shape index (κ2) is 8.22. The van der Waals surface area contributed by atoms with Crippen LogP contribution in [0.5, 0.6) is 5.75 Å². The molecule has 0 spiro atoms. The number of hydrogen-bond acceptors (Lipinski definition) is 4. The summed E-state index contributed by atoms with van der Waals surface area (Å²) in [4.78, 5) is 17.7. The van der Waals surface area contributed by atoms with Crippen LogP contribution < -0.4 is 9.64 Å². The van der Waals surface area contributed by atoms with E-state index in [9.17, 15) is 4.79 Å². The summed E-state index contributed by atoms with van der Waals surface area (Å²) in [6.07, 6.45) is 1.67. The van der Waals surface area contributed by atoms with Crippen LogP contribution in [0.25, 0.3) is 11.1 Å². The Labute approximate surface area is 181 Å². The van der Waals surface area contributed by atoms with Gasteiger partial charge < -0.3 is 23.5 Å². The molecule has 1 amide bonds. The van der Waals surface area contributed by atoms with E-state index in [1.54, 1.807) is 13.4 Å². The zero-order valence-electron chi connectivity index (χ0n) is 17.5. The first kappa shape index (κ1) is 19.3. The van der Waals surface area contributed by atoms with E-state index in [-0.39, 0.29) is 5.91 Å². The Morgan fingerprint density at radius 2 is 1.71 bits per heavy atom. The number of nitrogens with zero attached hydrogens (tertiary/aromatic N) is 3. The number of benzene rings is 2. The first-order valence-electron chi connectivity index (χ1n) is 10.5. The van der Waals surface area contributed by atoms with E-state index in [2.05, 4.69) is 33.7 Å². The summed E-state index contributed by atoms with van der Waals surface area (Å²) in [6.45, 7) is 3.60. The van der Waals surface area contributed by atoms with Crippen LogP contribution in [-0.2, 0) is 6.54 Å². The molecular weight excluding hydrogens is 390 g/mol. The number of carbonyl (C=O) groups is 1. The standard InChI is InChI=1S/C25H25N3O3/c1-30-21-9-7-20(8-10-21)26-12-14-27(15-13-26)25(29)23-17-24-22(11-16-31-24)28(23)18-19-5-3-2-4-6-19/h2-11,16-17H,12-15,18H2,1H3. The van der Waals surface area contributed by atoms with Crippen LogP contribution in [0.2, 0.25) is 0 Å². The van der Waals surface area contributed by atoms with Gasteiger partial charge in [-0.3, -0.25) is 4.79 Å². The van der Waals surface area contributed by atoms with Gasteiger partial charge in [-0.15, -0.1) is 0 Å². The predicted octanol–water partition coefficient (Wildman–Crippen LogP) is 4.25. The first-order valence-corrected chi connectivity index (χ1v) is 10.5. The van der Waals surface area contributed by atoms with Crippen molar-refractivity contribution in [2.45, 2.75) is 6.54 Å². The average molecular weight is 415 g/mol. The molecule has 0 atom stereocenters. The number of ether oxygens (including phenoxy) is 1. The van der Waals surface area contributed by atoms with Crippen LogP contribution in [0, 0.1) is 0 Å². The van der Waals surface area contributed by atoms with E-state index in [1.165, 1.54) is 0 Å². The number of methoxy groups -OCH3 is 1. The van der Waals surface area contributed by atoms with Gasteiger partial charge in [-0.2, -0.15) is 0 Å². The lowest BCUT2D eigenvalue weighted by Gasteiger charge is -2.36. The van der Waals surface area contributed by atoms with Gasteiger partial charge >= 0.3 is 0 Å². The molecule has 31 heavy (non-hydrogen) atoms. The number of piperazine rings is 1. The van der Waals surface area contributed by atoms with Gasteiger partial charge in [-0.25, -0.2) is 0 Å². The van der Waals surface area contributed by atoms with Crippen molar-refractivity contribution in [3.63, 3.8) is 0 Å². The molecule has 3 heterocycles. The topological polar surface area (TPSA) is 50.9 Å². The Hall–Kier alpha value is -3.67. The summed E-state index contributed by atoms with van der Waals surface area (Å²) in [7, 11) is 1.67. The molecule has 6 nitrogen and oxygen atoms in total. The number of anilines is 1. The number of aromatic nitrogens is 1. The minimum Gasteiger partial charge on any atom is -0.497 e. The summed E-state index contributed by atoms with van der Waals surface area (Å²) in [6, 6.07) is 22.1. The van der Waals surface area contributed by atoms with Crippen LogP contribution in [-0.4, -0.2) is 48.7 Å². The molecule has 5 rings (SSSR count). The second-order valence-electron chi connectivity index (χ2n) is 7.75. The molecule has 2 aromatic heterocycles. The SMILES string of the molecule is COc1ccc(N2CCN(C(=O)c3cc4occc4n3Cc3ccccc3)CC2)cc1. The first-order chi connectivity index (χ1) is 15.2. The largest absolute Gasteiger partial charge is 0.497 e. The minimum atomic E-state index is 0.0525. The lowest BCUT2D eigenvalue weighted by molar-refractivity contribution is 0.0737. The summed E-state index contributed by atoms with van der Waals surface area (Å²) in [5.74, 6) is 0.901. The Morgan fingerprint density at radius 3 is 2.42 bits per heavy atom. The predicted molar refractivity (Wildman–Crippen MR) is 121 cm³/mol. The fraction of sp³-hybridized carbons (Fsp3) is 0.240. The molecule has 6 heteroatoms. The summed E-state index contributed by atoms with van der Waals surface area (Å²) in [5.41, 5.74) is 4.67. The monoisotopic (exact) mass is 415 g/mol. The van der Waals surface area contributed by atoms with E-state index in [4.69, 9.17) is 9.15 Å². The highest BCUT2D eigenvalue weighted by Crippen LogP contribution is 2.25. The zero-order chi connectivity index (χ0) is 21.2. The van der Waals surface area contributed by atoms with Gasteiger partial charge in [-0.1, -0.05) is 30.3 Å². The zero-order valence-corrected chi connectivity index (χ0v) is 17.5. The maximum absolute atomic E-state index is 13.4. The second-order valence-corrected chi connectivity index (χ2v) is 7.75. The van der Waals surface area contributed by atoms with Crippen molar-refractivity contribution < 1.29 is 13.9 Å². The van der Waals surface area contributed by atoms with E-state index < -0.39 is 0 Å². The molecule has 0 aliphatic carbocycles. The van der Waals surface area contributed by atoms with Crippen molar-refractivity contribution in [3.05, 3.63) is 84.3 Å².